The Bertz CT molecular complexity index is 304. The van der Waals surface area contributed by atoms with E-state index >= 15 is 0 Å². The maximum atomic E-state index is 3.43. The van der Waals surface area contributed by atoms with Crippen LogP contribution in [0.2, 0.25) is 0 Å². The molecule has 0 aliphatic carbocycles. The first-order valence-corrected chi connectivity index (χ1v) is 5.03. The summed E-state index contributed by atoms with van der Waals surface area (Å²) >= 11 is 0. The fourth-order valence-electron chi connectivity index (χ4n) is 1.99. The standard InChI is InChI=1S/C11H18N2/c1-11(2,3)13-8-6-9-10(13)5-4-7-12-9/h6,8,12H,4-5,7H2,1-3H3. The zero-order valence-electron chi connectivity index (χ0n) is 8.72. The van der Waals surface area contributed by atoms with Crippen LogP contribution < -0.4 is 5.32 Å². The highest BCUT2D eigenvalue weighted by Crippen LogP contribution is 2.28. The van der Waals surface area contributed by atoms with E-state index in [4.69, 9.17) is 0 Å². The molecule has 1 aliphatic rings. The number of rotatable bonds is 0. The van der Waals surface area contributed by atoms with Crippen LogP contribution in [0.1, 0.15) is 32.9 Å². The van der Waals surface area contributed by atoms with Crippen LogP contribution in [0, 0.1) is 0 Å². The number of aromatic nitrogens is 1. The molecule has 1 aromatic heterocycles. The minimum absolute atomic E-state index is 0.215. The third kappa shape index (κ3) is 1.45. The van der Waals surface area contributed by atoms with Gasteiger partial charge in [-0.05, 0) is 39.7 Å². The van der Waals surface area contributed by atoms with Gasteiger partial charge in [-0.3, -0.25) is 0 Å². The molecule has 0 amide bonds. The molecule has 2 heterocycles. The fraction of sp³-hybridized carbons (Fsp3) is 0.636. The van der Waals surface area contributed by atoms with Crippen LogP contribution in [-0.2, 0) is 12.0 Å². The fourth-order valence-corrected chi connectivity index (χ4v) is 1.99. The molecule has 1 aromatic rings. The first-order valence-electron chi connectivity index (χ1n) is 5.03. The lowest BCUT2D eigenvalue weighted by Crippen LogP contribution is -2.25. The number of anilines is 1. The van der Waals surface area contributed by atoms with E-state index < -0.39 is 0 Å². The van der Waals surface area contributed by atoms with Crippen LogP contribution in [0.15, 0.2) is 12.3 Å². The third-order valence-corrected chi connectivity index (χ3v) is 2.62. The minimum Gasteiger partial charge on any atom is -0.384 e. The van der Waals surface area contributed by atoms with Crippen molar-refractivity contribution in [3.05, 3.63) is 18.0 Å². The first-order chi connectivity index (χ1) is 6.09. The Balaban J connectivity index is 2.43. The smallest absolute Gasteiger partial charge is 0.0553 e. The van der Waals surface area contributed by atoms with Gasteiger partial charge in [0, 0.05) is 24.0 Å². The highest BCUT2D eigenvalue weighted by Gasteiger charge is 2.20. The summed E-state index contributed by atoms with van der Waals surface area (Å²) in [6.07, 6.45) is 4.67. The molecule has 0 saturated carbocycles. The lowest BCUT2D eigenvalue weighted by atomic mass is 10.1. The van der Waals surface area contributed by atoms with E-state index in [1.165, 1.54) is 24.2 Å². The number of nitrogens with one attached hydrogen (secondary N) is 1. The van der Waals surface area contributed by atoms with Crippen LogP contribution in [-0.4, -0.2) is 11.1 Å². The van der Waals surface area contributed by atoms with Gasteiger partial charge in [-0.2, -0.15) is 0 Å². The molecule has 13 heavy (non-hydrogen) atoms. The molecule has 0 spiro atoms. The van der Waals surface area contributed by atoms with Gasteiger partial charge in [-0.15, -0.1) is 0 Å². The molecular formula is C11H18N2. The first kappa shape index (κ1) is 8.67. The number of hydrogen-bond acceptors (Lipinski definition) is 1. The van der Waals surface area contributed by atoms with E-state index in [1.54, 1.807) is 0 Å². The van der Waals surface area contributed by atoms with Crippen molar-refractivity contribution in [2.45, 2.75) is 39.2 Å². The van der Waals surface area contributed by atoms with Gasteiger partial charge in [-0.1, -0.05) is 0 Å². The predicted molar refractivity (Wildman–Crippen MR) is 56.2 cm³/mol. The van der Waals surface area contributed by atoms with E-state index in [2.05, 4.69) is 42.9 Å². The van der Waals surface area contributed by atoms with Gasteiger partial charge in [0.2, 0.25) is 0 Å². The number of hydrogen-bond donors (Lipinski definition) is 1. The van der Waals surface area contributed by atoms with Crippen LogP contribution >= 0.6 is 0 Å². The van der Waals surface area contributed by atoms with Crippen molar-refractivity contribution in [3.63, 3.8) is 0 Å². The molecule has 0 saturated heterocycles. The Morgan fingerprint density at radius 2 is 2.15 bits per heavy atom. The number of nitrogens with zero attached hydrogens (tertiary/aromatic N) is 1. The maximum absolute atomic E-state index is 3.43. The van der Waals surface area contributed by atoms with E-state index in [0.717, 1.165) is 6.54 Å². The monoisotopic (exact) mass is 178 g/mol. The normalized spacial score (nSPS) is 16.5. The Hall–Kier alpha value is -0.920. The van der Waals surface area contributed by atoms with Crippen molar-refractivity contribution in [1.29, 1.82) is 0 Å². The van der Waals surface area contributed by atoms with Gasteiger partial charge in [0.05, 0.1) is 5.69 Å². The van der Waals surface area contributed by atoms with Crippen LogP contribution in [0.25, 0.3) is 0 Å². The molecule has 1 aliphatic heterocycles. The van der Waals surface area contributed by atoms with Gasteiger partial charge >= 0.3 is 0 Å². The van der Waals surface area contributed by atoms with Crippen molar-refractivity contribution in [2.24, 2.45) is 0 Å². The van der Waals surface area contributed by atoms with E-state index in [-0.39, 0.29) is 5.54 Å². The van der Waals surface area contributed by atoms with Crippen LogP contribution in [0.3, 0.4) is 0 Å². The molecule has 2 nitrogen and oxygen atoms in total. The Morgan fingerprint density at radius 1 is 1.38 bits per heavy atom. The Morgan fingerprint density at radius 3 is 2.85 bits per heavy atom. The summed E-state index contributed by atoms with van der Waals surface area (Å²) in [5.41, 5.74) is 3.02. The topological polar surface area (TPSA) is 17.0 Å². The van der Waals surface area contributed by atoms with Gasteiger partial charge in [0.15, 0.2) is 0 Å². The molecule has 2 rings (SSSR count). The summed E-state index contributed by atoms with van der Waals surface area (Å²) in [5, 5.41) is 3.43. The van der Waals surface area contributed by atoms with E-state index in [9.17, 15) is 0 Å². The average Bonchev–Trinajstić information content (AvgIpc) is 2.45. The largest absolute Gasteiger partial charge is 0.384 e. The summed E-state index contributed by atoms with van der Waals surface area (Å²) in [7, 11) is 0. The quantitative estimate of drug-likeness (QED) is 0.646. The summed E-state index contributed by atoms with van der Waals surface area (Å²) in [5.74, 6) is 0. The van der Waals surface area contributed by atoms with Gasteiger partial charge in [0.1, 0.15) is 0 Å². The summed E-state index contributed by atoms with van der Waals surface area (Å²) in [4.78, 5) is 0. The molecule has 2 heteroatoms. The van der Waals surface area contributed by atoms with Crippen LogP contribution in [0.4, 0.5) is 5.69 Å². The lowest BCUT2D eigenvalue weighted by molar-refractivity contribution is 0.384. The third-order valence-electron chi connectivity index (χ3n) is 2.62. The zero-order chi connectivity index (χ0) is 9.47. The van der Waals surface area contributed by atoms with E-state index in [1.807, 2.05) is 0 Å². The van der Waals surface area contributed by atoms with Crippen LogP contribution in [0.5, 0.6) is 0 Å². The average molecular weight is 178 g/mol. The molecule has 0 radical (unpaired) electrons. The summed E-state index contributed by atoms with van der Waals surface area (Å²) < 4.78 is 2.38. The van der Waals surface area contributed by atoms with Crippen molar-refractivity contribution < 1.29 is 0 Å². The molecule has 0 unspecified atom stereocenters. The Labute approximate surface area is 79.9 Å². The lowest BCUT2D eigenvalue weighted by Gasteiger charge is -2.27. The van der Waals surface area contributed by atoms with Crippen molar-refractivity contribution in [1.82, 2.24) is 4.57 Å². The molecule has 1 N–H and O–H groups in total. The second-order valence-corrected chi connectivity index (χ2v) is 4.75. The Kier molecular flexibility index (Phi) is 1.86. The van der Waals surface area contributed by atoms with Gasteiger partial charge in [0.25, 0.3) is 0 Å². The summed E-state index contributed by atoms with van der Waals surface area (Å²) in [6.45, 7) is 7.88. The maximum Gasteiger partial charge on any atom is 0.0553 e. The highest BCUT2D eigenvalue weighted by atomic mass is 15.1. The van der Waals surface area contributed by atoms with Gasteiger partial charge in [-0.25, -0.2) is 0 Å². The minimum atomic E-state index is 0.215. The second-order valence-electron chi connectivity index (χ2n) is 4.75. The van der Waals surface area contributed by atoms with Crippen molar-refractivity contribution in [2.75, 3.05) is 11.9 Å². The predicted octanol–water partition coefficient (Wildman–Crippen LogP) is 2.60. The molecule has 0 atom stereocenters. The SMILES string of the molecule is CC(C)(C)n1ccc2c1CCCN2. The van der Waals surface area contributed by atoms with Gasteiger partial charge < -0.3 is 9.88 Å². The van der Waals surface area contributed by atoms with E-state index in [0.29, 0.717) is 0 Å². The number of fused-ring (bicyclic) bond motifs is 1. The molecular weight excluding hydrogens is 160 g/mol. The molecule has 72 valence electrons. The highest BCUT2D eigenvalue weighted by molar-refractivity contribution is 5.51. The second kappa shape index (κ2) is 2.79. The summed E-state index contributed by atoms with van der Waals surface area (Å²) in [6, 6.07) is 2.19. The molecule has 0 aromatic carbocycles. The zero-order valence-corrected chi connectivity index (χ0v) is 8.72. The molecule has 0 bridgehead atoms. The van der Waals surface area contributed by atoms with Crippen molar-refractivity contribution in [3.8, 4) is 0 Å². The molecule has 0 fully saturated rings. The van der Waals surface area contributed by atoms with Crippen molar-refractivity contribution >= 4 is 5.69 Å².